The zero-order valence-corrected chi connectivity index (χ0v) is 13.4. The van der Waals surface area contributed by atoms with Gasteiger partial charge in [-0.25, -0.2) is 0 Å². The Labute approximate surface area is 131 Å². The van der Waals surface area contributed by atoms with Crippen LogP contribution in [0, 0.1) is 5.92 Å². The van der Waals surface area contributed by atoms with Crippen LogP contribution in [0.3, 0.4) is 0 Å². The minimum Gasteiger partial charge on any atom is -0.314 e. The van der Waals surface area contributed by atoms with E-state index in [0.29, 0.717) is 11.1 Å². The maximum atomic E-state index is 6.33. The molecule has 2 aliphatic rings. The van der Waals surface area contributed by atoms with Gasteiger partial charge in [0.1, 0.15) is 0 Å². The van der Waals surface area contributed by atoms with Gasteiger partial charge in [0, 0.05) is 28.7 Å². The van der Waals surface area contributed by atoms with Gasteiger partial charge in [-0.15, -0.1) is 0 Å². The Morgan fingerprint density at radius 1 is 1.30 bits per heavy atom. The van der Waals surface area contributed by atoms with Crippen molar-refractivity contribution < 1.29 is 0 Å². The number of hydrogen-bond acceptors (Lipinski definition) is 2. The first-order valence-electron chi connectivity index (χ1n) is 7.56. The van der Waals surface area contributed by atoms with Gasteiger partial charge in [-0.3, -0.25) is 4.90 Å². The lowest BCUT2D eigenvalue weighted by molar-refractivity contribution is 0.251. The number of nitrogens with one attached hydrogen (secondary N) is 1. The molecular formula is C16H22Cl2N2. The molecule has 1 aliphatic carbocycles. The van der Waals surface area contributed by atoms with Crippen LogP contribution in [0.25, 0.3) is 0 Å². The van der Waals surface area contributed by atoms with Crippen LogP contribution in [0.4, 0.5) is 0 Å². The molecule has 2 nitrogen and oxygen atoms in total. The molecule has 1 aliphatic heterocycles. The quantitative estimate of drug-likeness (QED) is 0.879. The van der Waals surface area contributed by atoms with E-state index in [1.807, 2.05) is 12.1 Å². The smallest absolute Gasteiger partial charge is 0.0468 e. The van der Waals surface area contributed by atoms with Gasteiger partial charge in [0.2, 0.25) is 0 Å². The summed E-state index contributed by atoms with van der Waals surface area (Å²) in [5, 5.41) is 5.14. The first-order valence-corrected chi connectivity index (χ1v) is 8.31. The van der Waals surface area contributed by atoms with Gasteiger partial charge >= 0.3 is 0 Å². The number of hydrogen-bond donors (Lipinski definition) is 1. The molecular weight excluding hydrogens is 291 g/mol. The molecule has 0 bridgehead atoms. The number of rotatable bonds is 5. The van der Waals surface area contributed by atoms with E-state index in [2.05, 4.69) is 23.2 Å². The summed E-state index contributed by atoms with van der Waals surface area (Å²) >= 11 is 12.3. The van der Waals surface area contributed by atoms with Crippen molar-refractivity contribution in [1.29, 1.82) is 0 Å². The lowest BCUT2D eigenvalue weighted by atomic mass is 10.1. The van der Waals surface area contributed by atoms with Crippen LogP contribution in [0.15, 0.2) is 18.2 Å². The van der Waals surface area contributed by atoms with Crippen molar-refractivity contribution in [1.82, 2.24) is 10.2 Å². The SMILES string of the molecule is CC(c1ccc(Cl)cc1Cl)N1CCC(CNC2CC2)C1. The molecule has 20 heavy (non-hydrogen) atoms. The molecule has 1 saturated carbocycles. The Hall–Kier alpha value is -0.280. The average molecular weight is 313 g/mol. The number of halogens is 2. The molecule has 3 rings (SSSR count). The summed E-state index contributed by atoms with van der Waals surface area (Å²) in [6, 6.07) is 7.02. The first-order chi connectivity index (χ1) is 9.63. The highest BCUT2D eigenvalue weighted by molar-refractivity contribution is 6.35. The fourth-order valence-electron chi connectivity index (χ4n) is 3.04. The Morgan fingerprint density at radius 2 is 2.10 bits per heavy atom. The van der Waals surface area contributed by atoms with Crippen LogP contribution in [-0.2, 0) is 0 Å². The lowest BCUT2D eigenvalue weighted by Gasteiger charge is -2.25. The number of nitrogens with zero attached hydrogens (tertiary/aromatic N) is 1. The van der Waals surface area contributed by atoms with Crippen LogP contribution in [-0.4, -0.2) is 30.6 Å². The van der Waals surface area contributed by atoms with E-state index in [0.717, 1.165) is 23.5 Å². The lowest BCUT2D eigenvalue weighted by Crippen LogP contribution is -2.29. The van der Waals surface area contributed by atoms with Crippen LogP contribution in [0.2, 0.25) is 10.0 Å². The highest BCUT2D eigenvalue weighted by atomic mass is 35.5. The molecule has 0 radical (unpaired) electrons. The summed E-state index contributed by atoms with van der Waals surface area (Å²) in [5.41, 5.74) is 1.19. The van der Waals surface area contributed by atoms with Gasteiger partial charge in [0.15, 0.2) is 0 Å². The average Bonchev–Trinajstić information content (AvgIpc) is 3.13. The summed E-state index contributed by atoms with van der Waals surface area (Å²) in [5.74, 6) is 0.782. The van der Waals surface area contributed by atoms with Crippen molar-refractivity contribution in [2.75, 3.05) is 19.6 Å². The van der Waals surface area contributed by atoms with Gasteiger partial charge in [-0.1, -0.05) is 29.3 Å². The zero-order valence-electron chi connectivity index (χ0n) is 11.9. The van der Waals surface area contributed by atoms with Gasteiger partial charge in [0.25, 0.3) is 0 Å². The number of likely N-dealkylation sites (tertiary alicyclic amines) is 1. The monoisotopic (exact) mass is 312 g/mol. The van der Waals surface area contributed by atoms with Crippen LogP contribution >= 0.6 is 23.2 Å². The van der Waals surface area contributed by atoms with Gasteiger partial charge in [-0.2, -0.15) is 0 Å². The normalized spacial score (nSPS) is 25.1. The Morgan fingerprint density at radius 3 is 2.80 bits per heavy atom. The van der Waals surface area contributed by atoms with Gasteiger partial charge in [-0.05, 0) is 62.9 Å². The molecule has 1 heterocycles. The van der Waals surface area contributed by atoms with E-state index < -0.39 is 0 Å². The van der Waals surface area contributed by atoms with Gasteiger partial charge < -0.3 is 5.32 Å². The maximum absolute atomic E-state index is 6.33. The van der Waals surface area contributed by atoms with E-state index in [1.165, 1.54) is 37.9 Å². The van der Waals surface area contributed by atoms with Crippen LogP contribution < -0.4 is 5.32 Å². The molecule has 1 aromatic rings. The maximum Gasteiger partial charge on any atom is 0.0468 e. The van der Waals surface area contributed by atoms with E-state index in [9.17, 15) is 0 Å². The molecule has 110 valence electrons. The standard InChI is InChI=1S/C16H22Cl2N2/c1-11(15-5-2-13(17)8-16(15)18)20-7-6-12(10-20)9-19-14-3-4-14/h2,5,8,11-12,14,19H,3-4,6-7,9-10H2,1H3. The summed E-state index contributed by atoms with van der Waals surface area (Å²) in [7, 11) is 0. The third-order valence-electron chi connectivity index (χ3n) is 4.55. The zero-order chi connectivity index (χ0) is 14.1. The predicted octanol–water partition coefficient (Wildman–Crippen LogP) is 4.13. The van der Waals surface area contributed by atoms with Crippen molar-refractivity contribution in [3.63, 3.8) is 0 Å². The molecule has 1 N–H and O–H groups in total. The summed E-state index contributed by atoms with van der Waals surface area (Å²) in [6.07, 6.45) is 4.02. The van der Waals surface area contributed by atoms with E-state index in [4.69, 9.17) is 23.2 Å². The van der Waals surface area contributed by atoms with Crippen LogP contribution in [0.1, 0.15) is 37.8 Å². The van der Waals surface area contributed by atoms with E-state index >= 15 is 0 Å². The van der Waals surface area contributed by atoms with Crippen molar-refractivity contribution >= 4 is 23.2 Å². The molecule has 4 heteroatoms. The minimum atomic E-state index is 0.366. The second kappa shape index (κ2) is 6.23. The largest absolute Gasteiger partial charge is 0.314 e. The molecule has 0 amide bonds. The topological polar surface area (TPSA) is 15.3 Å². The Bertz CT molecular complexity index is 474. The Balaban J connectivity index is 1.58. The van der Waals surface area contributed by atoms with Crippen molar-refractivity contribution in [2.24, 2.45) is 5.92 Å². The second-order valence-electron chi connectivity index (χ2n) is 6.17. The highest BCUT2D eigenvalue weighted by Crippen LogP contribution is 2.33. The molecule has 1 aromatic carbocycles. The molecule has 2 fully saturated rings. The molecule has 2 atom stereocenters. The second-order valence-corrected chi connectivity index (χ2v) is 7.02. The summed E-state index contributed by atoms with van der Waals surface area (Å²) in [6.45, 7) is 5.74. The van der Waals surface area contributed by atoms with E-state index in [1.54, 1.807) is 0 Å². The first kappa shape index (κ1) is 14.6. The minimum absolute atomic E-state index is 0.366. The highest BCUT2D eigenvalue weighted by Gasteiger charge is 2.29. The summed E-state index contributed by atoms with van der Waals surface area (Å²) in [4.78, 5) is 2.54. The van der Waals surface area contributed by atoms with Crippen molar-refractivity contribution in [2.45, 2.75) is 38.3 Å². The summed E-state index contributed by atoms with van der Waals surface area (Å²) < 4.78 is 0. The van der Waals surface area contributed by atoms with Crippen molar-refractivity contribution in [3.05, 3.63) is 33.8 Å². The predicted molar refractivity (Wildman–Crippen MR) is 85.6 cm³/mol. The fourth-order valence-corrected chi connectivity index (χ4v) is 3.61. The Kier molecular flexibility index (Phi) is 4.56. The molecule has 2 unspecified atom stereocenters. The van der Waals surface area contributed by atoms with Crippen LogP contribution in [0.5, 0.6) is 0 Å². The van der Waals surface area contributed by atoms with E-state index in [-0.39, 0.29) is 0 Å². The fraction of sp³-hybridized carbons (Fsp3) is 0.625. The molecule has 1 saturated heterocycles. The van der Waals surface area contributed by atoms with Gasteiger partial charge in [0.05, 0.1) is 0 Å². The third-order valence-corrected chi connectivity index (χ3v) is 5.11. The molecule has 0 spiro atoms. The third kappa shape index (κ3) is 3.48. The molecule has 0 aromatic heterocycles. The van der Waals surface area contributed by atoms with Crippen molar-refractivity contribution in [3.8, 4) is 0 Å². The number of benzene rings is 1.